The van der Waals surface area contributed by atoms with Crippen molar-refractivity contribution in [3.05, 3.63) is 22.0 Å². The number of carbonyl (C=O) groups is 1. The quantitative estimate of drug-likeness (QED) is 0.721. The van der Waals surface area contributed by atoms with Gasteiger partial charge in [0.25, 0.3) is 0 Å². The van der Waals surface area contributed by atoms with Crippen LogP contribution in [-0.2, 0) is 7.05 Å². The van der Waals surface area contributed by atoms with Crippen molar-refractivity contribution in [1.82, 2.24) is 14.8 Å². The van der Waals surface area contributed by atoms with Gasteiger partial charge in [0.05, 0.1) is 21.2 Å². The molecule has 0 aliphatic heterocycles. The summed E-state index contributed by atoms with van der Waals surface area (Å²) < 4.78 is 1.98. The highest BCUT2D eigenvalue weighted by Crippen LogP contribution is 2.19. The molecule has 0 bridgehead atoms. The average molecular weight is 223 g/mol. The number of aryl methyl sites for hydroxylation is 2. The van der Waals surface area contributed by atoms with Crippen LogP contribution in [0.5, 0.6) is 0 Å². The molecule has 0 unspecified atom stereocenters. The summed E-state index contributed by atoms with van der Waals surface area (Å²) in [4.78, 5) is 13.8. The number of nitrogens with zero attached hydrogens (tertiary/aromatic N) is 2. The Morgan fingerprint density at radius 3 is 2.93 bits per heavy atom. The van der Waals surface area contributed by atoms with Crippen LogP contribution in [0.2, 0.25) is 0 Å². The normalized spacial score (nSPS) is 10.8. The van der Waals surface area contributed by atoms with Gasteiger partial charge in [0.1, 0.15) is 5.65 Å². The molecule has 15 heavy (non-hydrogen) atoms. The number of fused-ring (bicyclic) bond motifs is 1. The monoisotopic (exact) mass is 223 g/mol. The molecule has 2 rings (SSSR count). The van der Waals surface area contributed by atoms with E-state index in [-0.39, 0.29) is 5.56 Å². The summed E-state index contributed by atoms with van der Waals surface area (Å²) in [5.41, 5.74) is 1.58. The summed E-state index contributed by atoms with van der Waals surface area (Å²) in [5.74, 6) is -1.03. The summed E-state index contributed by atoms with van der Waals surface area (Å²) in [7, 11) is 1.78. The third-order valence-corrected chi connectivity index (χ3v) is 2.70. The molecule has 0 saturated carbocycles. The van der Waals surface area contributed by atoms with Crippen LogP contribution >= 0.6 is 12.2 Å². The van der Waals surface area contributed by atoms with Crippen LogP contribution in [-0.4, -0.2) is 25.8 Å². The van der Waals surface area contributed by atoms with Gasteiger partial charge >= 0.3 is 5.97 Å². The van der Waals surface area contributed by atoms with Gasteiger partial charge in [-0.15, -0.1) is 0 Å². The van der Waals surface area contributed by atoms with E-state index in [1.54, 1.807) is 18.7 Å². The molecule has 0 aromatic carbocycles. The van der Waals surface area contributed by atoms with Gasteiger partial charge in [0.2, 0.25) is 0 Å². The van der Waals surface area contributed by atoms with E-state index in [4.69, 9.17) is 17.3 Å². The molecule has 2 heterocycles. The Kier molecular flexibility index (Phi) is 2.08. The standard InChI is InChI=1S/C9H9N3O2S/c1-4-6-7(15)5(9(13)14)3-10-8(6)12(2)11-4/h3H,1-2H3,(H,10,15)(H,13,14). The minimum absolute atomic E-state index is 0.105. The van der Waals surface area contributed by atoms with Crippen molar-refractivity contribution in [3.63, 3.8) is 0 Å². The van der Waals surface area contributed by atoms with Gasteiger partial charge in [-0.25, -0.2) is 4.79 Å². The average Bonchev–Trinajstić information content (AvgIpc) is 2.43. The molecular formula is C9H9N3O2S. The first-order chi connectivity index (χ1) is 7.02. The second-order valence-electron chi connectivity index (χ2n) is 3.27. The number of hydrogen-bond acceptors (Lipinski definition) is 3. The Hall–Kier alpha value is -1.69. The zero-order valence-corrected chi connectivity index (χ0v) is 9.05. The molecule has 0 atom stereocenters. The van der Waals surface area contributed by atoms with E-state index in [9.17, 15) is 4.79 Å². The van der Waals surface area contributed by atoms with E-state index in [2.05, 4.69) is 10.1 Å². The number of carboxylic acid groups (broad SMARTS) is 1. The van der Waals surface area contributed by atoms with Crippen LogP contribution in [0.4, 0.5) is 0 Å². The van der Waals surface area contributed by atoms with E-state index in [1.165, 1.54) is 6.20 Å². The maximum absolute atomic E-state index is 10.9. The van der Waals surface area contributed by atoms with Crippen LogP contribution in [0.1, 0.15) is 16.1 Å². The van der Waals surface area contributed by atoms with Gasteiger partial charge in [0.15, 0.2) is 0 Å². The topological polar surface area (TPSA) is 70.9 Å². The Morgan fingerprint density at radius 1 is 1.67 bits per heavy atom. The molecule has 0 radical (unpaired) electrons. The number of pyridine rings is 1. The summed E-state index contributed by atoms with van der Waals surface area (Å²) >= 11 is 5.12. The summed E-state index contributed by atoms with van der Waals surface area (Å²) in [6.07, 6.45) is 1.40. The van der Waals surface area contributed by atoms with Gasteiger partial charge in [-0.1, -0.05) is 12.2 Å². The lowest BCUT2D eigenvalue weighted by Gasteiger charge is -1.98. The van der Waals surface area contributed by atoms with E-state index >= 15 is 0 Å². The Bertz CT molecular complexity index is 612. The molecule has 78 valence electrons. The first-order valence-corrected chi connectivity index (χ1v) is 4.71. The number of aromatic nitrogens is 3. The molecule has 0 amide bonds. The van der Waals surface area contributed by atoms with Crippen molar-refractivity contribution in [2.24, 2.45) is 7.05 Å². The molecule has 0 fully saturated rings. The predicted octanol–water partition coefficient (Wildman–Crippen LogP) is 1.64. The molecule has 0 saturated heterocycles. The summed E-state index contributed by atoms with van der Waals surface area (Å²) in [5, 5.41) is 13.8. The van der Waals surface area contributed by atoms with E-state index < -0.39 is 5.97 Å². The van der Waals surface area contributed by atoms with Crippen LogP contribution in [0, 0.1) is 11.4 Å². The fourth-order valence-electron chi connectivity index (χ4n) is 1.60. The van der Waals surface area contributed by atoms with Crippen molar-refractivity contribution < 1.29 is 9.90 Å². The molecule has 2 aromatic rings. The molecule has 2 aromatic heterocycles. The van der Waals surface area contributed by atoms with Gasteiger partial charge in [-0.3, -0.25) is 4.68 Å². The summed E-state index contributed by atoms with van der Waals surface area (Å²) in [6, 6.07) is 0. The van der Waals surface area contributed by atoms with E-state index in [0.29, 0.717) is 9.90 Å². The van der Waals surface area contributed by atoms with Crippen molar-refractivity contribution in [1.29, 1.82) is 0 Å². The SMILES string of the molecule is Cc1nn(C)c2[nH]cc(C(=O)O)c(=S)c12. The first kappa shape index (κ1) is 9.85. The molecule has 5 nitrogen and oxygen atoms in total. The smallest absolute Gasteiger partial charge is 0.338 e. The van der Waals surface area contributed by atoms with Gasteiger partial charge in [-0.05, 0) is 6.92 Å². The number of nitrogens with one attached hydrogen (secondary N) is 1. The van der Waals surface area contributed by atoms with E-state index in [0.717, 1.165) is 11.3 Å². The van der Waals surface area contributed by atoms with E-state index in [1.807, 2.05) is 0 Å². The van der Waals surface area contributed by atoms with Crippen LogP contribution < -0.4 is 0 Å². The first-order valence-electron chi connectivity index (χ1n) is 4.30. The highest BCUT2D eigenvalue weighted by molar-refractivity contribution is 7.71. The van der Waals surface area contributed by atoms with Crippen molar-refractivity contribution in [3.8, 4) is 0 Å². The second kappa shape index (κ2) is 3.16. The lowest BCUT2D eigenvalue weighted by molar-refractivity contribution is 0.0696. The molecule has 2 N–H and O–H groups in total. The molecule has 0 aliphatic rings. The maximum atomic E-state index is 10.9. The fraction of sp³-hybridized carbons (Fsp3) is 0.222. The highest BCUT2D eigenvalue weighted by atomic mass is 32.1. The third kappa shape index (κ3) is 1.33. The number of H-pyrrole nitrogens is 1. The number of aromatic carboxylic acids is 1. The molecular weight excluding hydrogens is 214 g/mol. The van der Waals surface area contributed by atoms with Crippen molar-refractivity contribution in [2.45, 2.75) is 6.92 Å². The summed E-state index contributed by atoms with van der Waals surface area (Å²) in [6.45, 7) is 1.80. The number of aromatic amines is 1. The Balaban J connectivity index is 2.96. The third-order valence-electron chi connectivity index (χ3n) is 2.28. The Labute approximate surface area is 90.3 Å². The lowest BCUT2D eigenvalue weighted by Crippen LogP contribution is -1.99. The predicted molar refractivity (Wildman–Crippen MR) is 57.6 cm³/mol. The fourth-order valence-corrected chi connectivity index (χ4v) is 1.99. The van der Waals surface area contributed by atoms with Crippen LogP contribution in [0.25, 0.3) is 11.0 Å². The van der Waals surface area contributed by atoms with Crippen LogP contribution in [0.3, 0.4) is 0 Å². The largest absolute Gasteiger partial charge is 0.478 e. The molecule has 0 spiro atoms. The minimum Gasteiger partial charge on any atom is -0.478 e. The Morgan fingerprint density at radius 2 is 2.33 bits per heavy atom. The van der Waals surface area contributed by atoms with Gasteiger partial charge in [0, 0.05) is 13.2 Å². The zero-order valence-electron chi connectivity index (χ0n) is 8.24. The molecule has 6 heteroatoms. The zero-order chi connectivity index (χ0) is 11.2. The van der Waals surface area contributed by atoms with Gasteiger partial charge < -0.3 is 10.1 Å². The minimum atomic E-state index is -1.03. The highest BCUT2D eigenvalue weighted by Gasteiger charge is 2.13. The lowest BCUT2D eigenvalue weighted by atomic mass is 10.2. The number of rotatable bonds is 1. The number of hydrogen-bond donors (Lipinski definition) is 2. The molecule has 0 aliphatic carbocycles. The van der Waals surface area contributed by atoms with Crippen molar-refractivity contribution in [2.75, 3.05) is 0 Å². The van der Waals surface area contributed by atoms with Crippen molar-refractivity contribution >= 4 is 29.2 Å². The van der Waals surface area contributed by atoms with Crippen LogP contribution in [0.15, 0.2) is 6.20 Å². The van der Waals surface area contributed by atoms with Gasteiger partial charge in [-0.2, -0.15) is 5.10 Å². The maximum Gasteiger partial charge on any atom is 0.338 e. The second-order valence-corrected chi connectivity index (χ2v) is 3.68. The number of carboxylic acids is 1.